The highest BCUT2D eigenvalue weighted by atomic mass is 19.1. The number of hydrogen-bond acceptors (Lipinski definition) is 3. The average Bonchev–Trinajstić information content (AvgIpc) is 2.42. The number of nitrogens with one attached hydrogen (secondary N) is 1. The molecule has 21 heavy (non-hydrogen) atoms. The zero-order valence-electron chi connectivity index (χ0n) is 11.2. The van der Waals surface area contributed by atoms with Gasteiger partial charge in [0.15, 0.2) is 0 Å². The number of nitrogen functional groups attached to an aromatic ring is 1. The van der Waals surface area contributed by atoms with Gasteiger partial charge in [-0.1, -0.05) is 12.1 Å². The van der Waals surface area contributed by atoms with Crippen molar-refractivity contribution in [2.24, 2.45) is 0 Å². The summed E-state index contributed by atoms with van der Waals surface area (Å²) in [5.74, 6) is -2.24. The largest absolute Gasteiger partial charge is 0.478 e. The quantitative estimate of drug-likeness (QED) is 0.755. The molecule has 2 rings (SSSR count). The fourth-order valence-electron chi connectivity index (χ4n) is 1.95. The van der Waals surface area contributed by atoms with Gasteiger partial charge >= 0.3 is 5.97 Å². The van der Waals surface area contributed by atoms with Crippen molar-refractivity contribution in [2.75, 3.05) is 11.1 Å². The minimum absolute atomic E-state index is 0.0263. The molecule has 1 atom stereocenters. The van der Waals surface area contributed by atoms with Crippen molar-refractivity contribution in [3.8, 4) is 0 Å². The Morgan fingerprint density at radius 2 is 1.86 bits per heavy atom. The van der Waals surface area contributed by atoms with Crippen LogP contribution in [-0.4, -0.2) is 11.1 Å². The molecule has 0 aliphatic rings. The van der Waals surface area contributed by atoms with Crippen molar-refractivity contribution in [1.29, 1.82) is 0 Å². The molecular formula is C15H14F2N2O2. The summed E-state index contributed by atoms with van der Waals surface area (Å²) in [6.45, 7) is 1.75. The van der Waals surface area contributed by atoms with Crippen LogP contribution in [-0.2, 0) is 0 Å². The van der Waals surface area contributed by atoms with Crippen LogP contribution in [0.4, 0.5) is 20.2 Å². The second-order valence-corrected chi connectivity index (χ2v) is 4.64. The Labute approximate surface area is 120 Å². The van der Waals surface area contributed by atoms with Crippen LogP contribution in [0.5, 0.6) is 0 Å². The highest BCUT2D eigenvalue weighted by Gasteiger charge is 2.15. The summed E-state index contributed by atoms with van der Waals surface area (Å²) in [6, 6.07) is 7.52. The third-order valence-electron chi connectivity index (χ3n) is 3.11. The predicted octanol–water partition coefficient (Wildman–Crippen LogP) is 3.42. The first kappa shape index (κ1) is 14.8. The van der Waals surface area contributed by atoms with Gasteiger partial charge in [-0.25, -0.2) is 13.6 Å². The lowest BCUT2D eigenvalue weighted by molar-refractivity contribution is 0.0698. The lowest BCUT2D eigenvalue weighted by Crippen LogP contribution is -2.11. The van der Waals surface area contributed by atoms with Crippen LogP contribution in [0.3, 0.4) is 0 Å². The number of carboxylic acids is 1. The molecule has 2 aromatic carbocycles. The Kier molecular flexibility index (Phi) is 4.07. The van der Waals surface area contributed by atoms with Gasteiger partial charge in [-0.2, -0.15) is 0 Å². The summed E-state index contributed by atoms with van der Waals surface area (Å²) in [4.78, 5) is 11.0. The van der Waals surface area contributed by atoms with Crippen LogP contribution in [0.15, 0.2) is 36.4 Å². The average molecular weight is 292 g/mol. The zero-order chi connectivity index (χ0) is 15.6. The van der Waals surface area contributed by atoms with E-state index in [1.165, 1.54) is 12.1 Å². The van der Waals surface area contributed by atoms with E-state index >= 15 is 0 Å². The monoisotopic (exact) mass is 292 g/mol. The van der Waals surface area contributed by atoms with Gasteiger partial charge in [-0.3, -0.25) is 0 Å². The SMILES string of the molecule is CC(Nc1cc(C(=O)O)c(N)cc1F)c1ccc(F)cc1. The molecule has 0 fully saturated rings. The molecule has 4 nitrogen and oxygen atoms in total. The highest BCUT2D eigenvalue weighted by Crippen LogP contribution is 2.26. The van der Waals surface area contributed by atoms with Crippen molar-refractivity contribution in [1.82, 2.24) is 0 Å². The van der Waals surface area contributed by atoms with Gasteiger partial charge in [0.2, 0.25) is 0 Å². The summed E-state index contributed by atoms with van der Waals surface area (Å²) in [7, 11) is 0. The summed E-state index contributed by atoms with van der Waals surface area (Å²) in [5.41, 5.74) is 5.91. The fourth-order valence-corrected chi connectivity index (χ4v) is 1.95. The van der Waals surface area contributed by atoms with Crippen molar-refractivity contribution in [2.45, 2.75) is 13.0 Å². The molecular weight excluding hydrogens is 278 g/mol. The maximum absolute atomic E-state index is 13.8. The Bertz CT molecular complexity index is 672. The van der Waals surface area contributed by atoms with E-state index in [0.29, 0.717) is 0 Å². The van der Waals surface area contributed by atoms with Crippen LogP contribution in [0.2, 0.25) is 0 Å². The Balaban J connectivity index is 2.28. The molecule has 0 amide bonds. The smallest absolute Gasteiger partial charge is 0.337 e. The van der Waals surface area contributed by atoms with Crippen LogP contribution < -0.4 is 11.1 Å². The van der Waals surface area contributed by atoms with Gasteiger partial charge < -0.3 is 16.2 Å². The van der Waals surface area contributed by atoms with Crippen LogP contribution in [0.25, 0.3) is 0 Å². The minimum Gasteiger partial charge on any atom is -0.478 e. The molecule has 0 heterocycles. The molecule has 0 bridgehead atoms. The van der Waals surface area contributed by atoms with Crippen LogP contribution in [0, 0.1) is 11.6 Å². The van der Waals surface area contributed by atoms with E-state index in [4.69, 9.17) is 10.8 Å². The molecule has 2 aromatic rings. The van der Waals surface area contributed by atoms with Crippen molar-refractivity contribution in [3.05, 3.63) is 59.2 Å². The number of nitrogens with two attached hydrogens (primary N) is 1. The number of halogens is 2. The van der Waals surface area contributed by atoms with Gasteiger partial charge in [-0.05, 0) is 36.8 Å². The first-order valence-corrected chi connectivity index (χ1v) is 6.23. The molecule has 6 heteroatoms. The number of anilines is 2. The van der Waals surface area contributed by atoms with Crippen molar-refractivity contribution >= 4 is 17.3 Å². The van der Waals surface area contributed by atoms with Crippen LogP contribution >= 0.6 is 0 Å². The number of carboxylic acid groups (broad SMARTS) is 1. The van der Waals surface area contributed by atoms with Gasteiger partial charge in [0.25, 0.3) is 0 Å². The summed E-state index contributed by atoms with van der Waals surface area (Å²) >= 11 is 0. The minimum atomic E-state index is -1.23. The first-order chi connectivity index (χ1) is 9.88. The maximum atomic E-state index is 13.8. The van der Waals surface area contributed by atoms with Gasteiger partial charge in [0.05, 0.1) is 11.3 Å². The second-order valence-electron chi connectivity index (χ2n) is 4.64. The van der Waals surface area contributed by atoms with E-state index in [1.807, 2.05) is 0 Å². The van der Waals surface area contributed by atoms with Gasteiger partial charge in [0, 0.05) is 11.7 Å². The molecule has 0 saturated heterocycles. The molecule has 0 aromatic heterocycles. The van der Waals surface area contributed by atoms with Gasteiger partial charge in [-0.15, -0.1) is 0 Å². The molecule has 0 spiro atoms. The molecule has 1 unspecified atom stereocenters. The van der Waals surface area contributed by atoms with E-state index in [9.17, 15) is 13.6 Å². The Hall–Kier alpha value is -2.63. The molecule has 0 aliphatic carbocycles. The standard InChI is InChI=1S/C15H14F2N2O2/c1-8(9-2-4-10(16)5-3-9)19-14-6-11(15(20)21)13(18)7-12(14)17/h2-8,19H,18H2,1H3,(H,20,21). The molecule has 4 N–H and O–H groups in total. The first-order valence-electron chi connectivity index (χ1n) is 6.23. The fraction of sp³-hybridized carbons (Fsp3) is 0.133. The Morgan fingerprint density at radius 1 is 1.24 bits per heavy atom. The number of rotatable bonds is 4. The van der Waals surface area contributed by atoms with E-state index in [1.54, 1.807) is 19.1 Å². The normalized spacial score (nSPS) is 12.0. The third kappa shape index (κ3) is 3.28. The van der Waals surface area contributed by atoms with E-state index in [0.717, 1.165) is 17.7 Å². The summed E-state index contributed by atoms with van der Waals surface area (Å²) in [6.07, 6.45) is 0. The van der Waals surface area contributed by atoms with Crippen molar-refractivity contribution < 1.29 is 18.7 Å². The molecule has 110 valence electrons. The topological polar surface area (TPSA) is 75.3 Å². The lowest BCUT2D eigenvalue weighted by atomic mass is 10.1. The third-order valence-corrected chi connectivity index (χ3v) is 3.11. The number of aromatic carboxylic acids is 1. The van der Waals surface area contributed by atoms with E-state index in [2.05, 4.69) is 5.32 Å². The highest BCUT2D eigenvalue weighted by molar-refractivity contribution is 5.94. The maximum Gasteiger partial charge on any atom is 0.337 e. The van der Waals surface area contributed by atoms with Crippen molar-refractivity contribution in [3.63, 3.8) is 0 Å². The van der Waals surface area contributed by atoms with Gasteiger partial charge in [0.1, 0.15) is 11.6 Å². The summed E-state index contributed by atoms with van der Waals surface area (Å²) in [5, 5.41) is 11.8. The number of carbonyl (C=O) groups is 1. The molecule has 0 aliphatic heterocycles. The van der Waals surface area contributed by atoms with E-state index < -0.39 is 11.8 Å². The Morgan fingerprint density at radius 3 is 2.43 bits per heavy atom. The number of hydrogen-bond donors (Lipinski definition) is 3. The van der Waals surface area contributed by atoms with E-state index in [-0.39, 0.29) is 28.8 Å². The molecule has 0 saturated carbocycles. The molecule has 0 radical (unpaired) electrons. The number of benzene rings is 2. The second kappa shape index (κ2) is 5.78. The lowest BCUT2D eigenvalue weighted by Gasteiger charge is -2.17. The summed E-state index contributed by atoms with van der Waals surface area (Å²) < 4.78 is 26.7. The predicted molar refractivity (Wildman–Crippen MR) is 76.2 cm³/mol. The van der Waals surface area contributed by atoms with Crippen LogP contribution in [0.1, 0.15) is 28.9 Å². The zero-order valence-corrected chi connectivity index (χ0v) is 11.2.